The van der Waals surface area contributed by atoms with Crippen molar-refractivity contribution in [3.63, 3.8) is 0 Å². The summed E-state index contributed by atoms with van der Waals surface area (Å²) in [5, 5.41) is 0. The number of nitrogens with zero attached hydrogens (tertiary/aromatic N) is 3. The van der Waals surface area contributed by atoms with Crippen molar-refractivity contribution < 1.29 is 8.42 Å². The average molecular weight is 324 g/mol. The van der Waals surface area contributed by atoms with Gasteiger partial charge in [0.05, 0.1) is 5.69 Å². The van der Waals surface area contributed by atoms with Crippen LogP contribution in [0, 0.1) is 0 Å². The molecule has 0 unspecified atom stereocenters. The SMILES string of the molecule is C=CCN1CCN(c2ccncc2S(=O)(=O)NC(C)C)CC1. The molecule has 6 nitrogen and oxygen atoms in total. The third-order valence-corrected chi connectivity index (χ3v) is 5.22. The van der Waals surface area contributed by atoms with Crippen molar-refractivity contribution in [1.29, 1.82) is 0 Å². The number of anilines is 1. The van der Waals surface area contributed by atoms with Crippen LogP contribution in [0.5, 0.6) is 0 Å². The summed E-state index contributed by atoms with van der Waals surface area (Å²) in [6.45, 7) is 11.6. The Bertz CT molecular complexity index is 608. The largest absolute Gasteiger partial charge is 0.368 e. The van der Waals surface area contributed by atoms with Crippen molar-refractivity contribution in [3.05, 3.63) is 31.1 Å². The quantitative estimate of drug-likeness (QED) is 0.793. The maximum absolute atomic E-state index is 12.5. The molecule has 0 amide bonds. The van der Waals surface area contributed by atoms with Gasteiger partial charge in [0.1, 0.15) is 4.90 Å². The van der Waals surface area contributed by atoms with Gasteiger partial charge in [-0.25, -0.2) is 13.1 Å². The first-order valence-electron chi connectivity index (χ1n) is 7.48. The Hall–Kier alpha value is -1.44. The standard InChI is InChI=1S/C15H24N4O2S/c1-4-7-18-8-10-19(11-9-18)14-5-6-16-12-15(14)22(20,21)17-13(2)3/h4-6,12-13,17H,1,7-11H2,2-3H3. The van der Waals surface area contributed by atoms with Crippen LogP contribution in [0.2, 0.25) is 0 Å². The molecule has 0 radical (unpaired) electrons. The minimum Gasteiger partial charge on any atom is -0.368 e. The summed E-state index contributed by atoms with van der Waals surface area (Å²) in [4.78, 5) is 8.64. The van der Waals surface area contributed by atoms with Crippen LogP contribution in [-0.4, -0.2) is 57.1 Å². The summed E-state index contributed by atoms with van der Waals surface area (Å²) in [5.74, 6) is 0. The number of nitrogens with one attached hydrogen (secondary N) is 1. The fourth-order valence-corrected chi connectivity index (χ4v) is 3.99. The summed E-state index contributed by atoms with van der Waals surface area (Å²) in [6.07, 6.45) is 4.96. The average Bonchev–Trinajstić information content (AvgIpc) is 2.47. The second kappa shape index (κ2) is 7.21. The molecule has 2 rings (SSSR count). The normalized spacial score (nSPS) is 17.0. The predicted octanol–water partition coefficient (Wildman–Crippen LogP) is 1.08. The van der Waals surface area contributed by atoms with E-state index in [2.05, 4.69) is 26.1 Å². The Labute approximate surface area is 132 Å². The second-order valence-corrected chi connectivity index (χ2v) is 7.38. The molecule has 0 aliphatic carbocycles. The van der Waals surface area contributed by atoms with Crippen molar-refractivity contribution >= 4 is 15.7 Å². The van der Waals surface area contributed by atoms with E-state index in [-0.39, 0.29) is 10.9 Å². The van der Waals surface area contributed by atoms with Crippen LogP contribution in [0.1, 0.15) is 13.8 Å². The zero-order valence-corrected chi connectivity index (χ0v) is 14.0. The fraction of sp³-hybridized carbons (Fsp3) is 0.533. The van der Waals surface area contributed by atoms with Crippen LogP contribution >= 0.6 is 0 Å². The molecular weight excluding hydrogens is 300 g/mol. The van der Waals surface area contributed by atoms with Gasteiger partial charge < -0.3 is 4.90 Å². The third-order valence-electron chi connectivity index (χ3n) is 3.54. The number of rotatable bonds is 6. The van der Waals surface area contributed by atoms with E-state index in [1.54, 1.807) is 12.3 Å². The highest BCUT2D eigenvalue weighted by atomic mass is 32.2. The van der Waals surface area contributed by atoms with Gasteiger partial charge in [-0.15, -0.1) is 6.58 Å². The molecule has 122 valence electrons. The van der Waals surface area contributed by atoms with Crippen LogP contribution in [0.4, 0.5) is 5.69 Å². The first-order chi connectivity index (χ1) is 10.4. The lowest BCUT2D eigenvalue weighted by atomic mass is 10.2. The fourth-order valence-electron chi connectivity index (χ4n) is 2.57. The number of hydrogen-bond acceptors (Lipinski definition) is 5. The molecule has 1 aromatic rings. The van der Waals surface area contributed by atoms with Crippen LogP contribution in [0.3, 0.4) is 0 Å². The van der Waals surface area contributed by atoms with E-state index in [1.165, 1.54) is 6.20 Å². The van der Waals surface area contributed by atoms with Gasteiger partial charge in [-0.2, -0.15) is 0 Å². The molecule has 1 saturated heterocycles. The Morgan fingerprint density at radius 2 is 2.05 bits per heavy atom. The summed E-state index contributed by atoms with van der Waals surface area (Å²) in [7, 11) is -3.55. The van der Waals surface area contributed by atoms with E-state index in [9.17, 15) is 8.42 Å². The maximum atomic E-state index is 12.5. The van der Waals surface area contributed by atoms with Gasteiger partial charge in [0.25, 0.3) is 0 Å². The summed E-state index contributed by atoms with van der Waals surface area (Å²) in [6, 6.07) is 1.63. The van der Waals surface area contributed by atoms with Crippen molar-refractivity contribution in [2.45, 2.75) is 24.8 Å². The lowest BCUT2D eigenvalue weighted by Crippen LogP contribution is -2.47. The van der Waals surface area contributed by atoms with Gasteiger partial charge in [0.2, 0.25) is 10.0 Å². The van der Waals surface area contributed by atoms with Crippen LogP contribution in [-0.2, 0) is 10.0 Å². The molecule has 1 aromatic heterocycles. The van der Waals surface area contributed by atoms with Crippen molar-refractivity contribution in [2.75, 3.05) is 37.6 Å². The number of piperazine rings is 1. The lowest BCUT2D eigenvalue weighted by Gasteiger charge is -2.36. The first kappa shape index (κ1) is 16.9. The molecule has 0 atom stereocenters. The van der Waals surface area contributed by atoms with Crippen molar-refractivity contribution in [1.82, 2.24) is 14.6 Å². The minimum atomic E-state index is -3.55. The highest BCUT2D eigenvalue weighted by molar-refractivity contribution is 7.89. The van der Waals surface area contributed by atoms with E-state index >= 15 is 0 Å². The summed E-state index contributed by atoms with van der Waals surface area (Å²) < 4.78 is 27.6. The zero-order valence-electron chi connectivity index (χ0n) is 13.2. The topological polar surface area (TPSA) is 65.5 Å². The lowest BCUT2D eigenvalue weighted by molar-refractivity contribution is 0.283. The molecule has 0 saturated carbocycles. The van der Waals surface area contributed by atoms with E-state index < -0.39 is 10.0 Å². The highest BCUT2D eigenvalue weighted by Crippen LogP contribution is 2.25. The second-order valence-electron chi connectivity index (χ2n) is 5.70. The molecule has 1 N–H and O–H groups in total. The van der Waals surface area contributed by atoms with Crippen molar-refractivity contribution in [2.24, 2.45) is 0 Å². The first-order valence-corrected chi connectivity index (χ1v) is 8.97. The molecular formula is C15H24N4O2S. The number of sulfonamides is 1. The third kappa shape index (κ3) is 4.06. The zero-order chi connectivity index (χ0) is 16.2. The number of hydrogen-bond donors (Lipinski definition) is 1. The van der Waals surface area contributed by atoms with Gasteiger partial charge >= 0.3 is 0 Å². The molecule has 1 aliphatic rings. The van der Waals surface area contributed by atoms with Gasteiger partial charge in [0, 0.05) is 51.2 Å². The van der Waals surface area contributed by atoms with Crippen LogP contribution in [0.25, 0.3) is 0 Å². The minimum absolute atomic E-state index is 0.150. The summed E-state index contributed by atoms with van der Waals surface area (Å²) >= 11 is 0. The van der Waals surface area contributed by atoms with E-state index in [0.29, 0.717) is 0 Å². The van der Waals surface area contributed by atoms with E-state index in [4.69, 9.17) is 0 Å². The monoisotopic (exact) mass is 324 g/mol. The molecule has 2 heterocycles. The molecule has 7 heteroatoms. The van der Waals surface area contributed by atoms with E-state index in [1.807, 2.05) is 19.9 Å². The predicted molar refractivity (Wildman–Crippen MR) is 88.5 cm³/mol. The highest BCUT2D eigenvalue weighted by Gasteiger charge is 2.25. The molecule has 1 fully saturated rings. The number of pyridine rings is 1. The molecule has 22 heavy (non-hydrogen) atoms. The Morgan fingerprint density at radius 3 is 2.64 bits per heavy atom. The Kier molecular flexibility index (Phi) is 5.55. The molecule has 0 bridgehead atoms. The smallest absolute Gasteiger partial charge is 0.244 e. The van der Waals surface area contributed by atoms with Gasteiger partial charge in [-0.1, -0.05) is 6.08 Å². The van der Waals surface area contributed by atoms with Crippen LogP contribution < -0.4 is 9.62 Å². The molecule has 0 spiro atoms. The van der Waals surface area contributed by atoms with Gasteiger partial charge in [-0.3, -0.25) is 9.88 Å². The molecule has 0 aromatic carbocycles. The van der Waals surface area contributed by atoms with Crippen LogP contribution in [0.15, 0.2) is 36.0 Å². The molecule has 1 aliphatic heterocycles. The number of aromatic nitrogens is 1. The van der Waals surface area contributed by atoms with E-state index in [0.717, 1.165) is 38.4 Å². The van der Waals surface area contributed by atoms with Gasteiger partial charge in [0.15, 0.2) is 0 Å². The van der Waals surface area contributed by atoms with Gasteiger partial charge in [-0.05, 0) is 19.9 Å². The van der Waals surface area contributed by atoms with Crippen molar-refractivity contribution in [3.8, 4) is 0 Å². The maximum Gasteiger partial charge on any atom is 0.244 e. The summed E-state index contributed by atoms with van der Waals surface area (Å²) in [5.41, 5.74) is 0.724. The Morgan fingerprint density at radius 1 is 1.36 bits per heavy atom. The Balaban J connectivity index is 2.21.